The standard InChI is InChI=1S/C17H18N6OS/c1-10-3-4-11(2)14-13(10)23-15(19)12(9-18)16(20-21-17(23)25-14)22-5-7-24-8-6-22/h3-4,19-20H,5-8H2,1-2H3. The van der Waals surface area contributed by atoms with Crippen LogP contribution >= 0.6 is 11.8 Å². The molecule has 3 aliphatic rings. The first kappa shape index (κ1) is 16.0. The van der Waals surface area contributed by atoms with Gasteiger partial charge in [-0.25, -0.2) is 0 Å². The quantitative estimate of drug-likeness (QED) is 0.803. The smallest absolute Gasteiger partial charge is 0.198 e. The van der Waals surface area contributed by atoms with Crippen LogP contribution in [-0.4, -0.2) is 42.2 Å². The summed E-state index contributed by atoms with van der Waals surface area (Å²) >= 11 is 1.53. The van der Waals surface area contributed by atoms with E-state index in [9.17, 15) is 5.26 Å². The number of rotatable bonds is 1. The normalized spacial score (nSPS) is 19.7. The molecule has 25 heavy (non-hydrogen) atoms. The van der Waals surface area contributed by atoms with Crippen molar-refractivity contribution in [1.82, 2.24) is 10.3 Å². The summed E-state index contributed by atoms with van der Waals surface area (Å²) in [5.41, 5.74) is 6.50. The summed E-state index contributed by atoms with van der Waals surface area (Å²) < 4.78 is 5.39. The van der Waals surface area contributed by atoms with Crippen LogP contribution in [0.5, 0.6) is 0 Å². The summed E-state index contributed by atoms with van der Waals surface area (Å²) in [4.78, 5) is 4.90. The van der Waals surface area contributed by atoms with Crippen LogP contribution in [-0.2, 0) is 4.74 Å². The number of hydrogen-bond acceptors (Lipinski definition) is 7. The molecule has 0 atom stereocenters. The summed E-state index contributed by atoms with van der Waals surface area (Å²) in [5.74, 6) is 0.748. The first-order valence-electron chi connectivity index (χ1n) is 8.09. The summed E-state index contributed by atoms with van der Waals surface area (Å²) in [6.07, 6.45) is 0. The van der Waals surface area contributed by atoms with Crippen LogP contribution in [0, 0.1) is 30.6 Å². The maximum Gasteiger partial charge on any atom is 0.198 e. The highest BCUT2D eigenvalue weighted by molar-refractivity contribution is 8.15. The van der Waals surface area contributed by atoms with E-state index in [0.717, 1.165) is 21.7 Å². The first-order chi connectivity index (χ1) is 12.1. The molecule has 1 aromatic carbocycles. The molecule has 0 spiro atoms. The molecule has 0 saturated carbocycles. The Kier molecular flexibility index (Phi) is 3.90. The lowest BCUT2D eigenvalue weighted by Gasteiger charge is -2.30. The summed E-state index contributed by atoms with van der Waals surface area (Å²) in [6.45, 7) is 6.63. The number of anilines is 1. The molecule has 0 aliphatic carbocycles. The van der Waals surface area contributed by atoms with E-state index in [4.69, 9.17) is 10.1 Å². The van der Waals surface area contributed by atoms with E-state index in [1.165, 1.54) is 11.8 Å². The van der Waals surface area contributed by atoms with Gasteiger partial charge in [0.25, 0.3) is 0 Å². The van der Waals surface area contributed by atoms with E-state index in [-0.39, 0.29) is 5.84 Å². The number of aryl methyl sites for hydroxylation is 2. The van der Waals surface area contributed by atoms with E-state index in [0.29, 0.717) is 42.9 Å². The van der Waals surface area contributed by atoms with E-state index >= 15 is 0 Å². The third kappa shape index (κ3) is 2.47. The van der Waals surface area contributed by atoms with Gasteiger partial charge >= 0.3 is 0 Å². The SMILES string of the molecule is Cc1ccc(C)c2c1SC1=NNC(N3CCOCC3)=C(C#N)C(=N)N12. The molecule has 3 heterocycles. The average molecular weight is 354 g/mol. The van der Waals surface area contributed by atoms with Crippen LogP contribution in [0.15, 0.2) is 33.5 Å². The predicted octanol–water partition coefficient (Wildman–Crippen LogP) is 2.13. The molecule has 3 aliphatic heterocycles. The Morgan fingerprint density at radius 2 is 2.00 bits per heavy atom. The van der Waals surface area contributed by atoms with Gasteiger partial charge in [-0.3, -0.25) is 15.7 Å². The van der Waals surface area contributed by atoms with Crippen molar-refractivity contribution in [3.8, 4) is 6.07 Å². The number of fused-ring (bicyclic) bond motifs is 3. The minimum atomic E-state index is 0.160. The Hall–Kier alpha value is -2.50. The zero-order valence-corrected chi connectivity index (χ0v) is 14.9. The lowest BCUT2D eigenvalue weighted by atomic mass is 10.1. The van der Waals surface area contributed by atoms with Crippen molar-refractivity contribution in [1.29, 1.82) is 10.7 Å². The van der Waals surface area contributed by atoms with Crippen molar-refractivity contribution >= 4 is 28.5 Å². The Morgan fingerprint density at radius 3 is 2.72 bits per heavy atom. The summed E-state index contributed by atoms with van der Waals surface area (Å²) in [6, 6.07) is 6.32. The van der Waals surface area contributed by atoms with Crippen molar-refractivity contribution < 1.29 is 4.74 Å². The number of nitriles is 1. The van der Waals surface area contributed by atoms with Crippen molar-refractivity contribution in [3.05, 3.63) is 34.7 Å². The molecule has 0 aromatic heterocycles. The largest absolute Gasteiger partial charge is 0.378 e. The molecule has 7 nitrogen and oxygen atoms in total. The molecule has 0 bridgehead atoms. The van der Waals surface area contributed by atoms with Gasteiger partial charge in [-0.15, -0.1) is 5.10 Å². The van der Waals surface area contributed by atoms with Crippen molar-refractivity contribution in [2.24, 2.45) is 5.10 Å². The van der Waals surface area contributed by atoms with Gasteiger partial charge in [0.15, 0.2) is 11.0 Å². The molecule has 0 unspecified atom stereocenters. The zero-order valence-electron chi connectivity index (χ0n) is 14.1. The Morgan fingerprint density at radius 1 is 1.28 bits per heavy atom. The van der Waals surface area contributed by atoms with Crippen molar-refractivity contribution in [3.63, 3.8) is 0 Å². The predicted molar refractivity (Wildman–Crippen MR) is 97.6 cm³/mol. The second-order valence-corrected chi connectivity index (χ2v) is 7.08. The monoisotopic (exact) mass is 354 g/mol. The topological polar surface area (TPSA) is 87.7 Å². The molecule has 2 N–H and O–H groups in total. The average Bonchev–Trinajstić information content (AvgIpc) is 2.96. The van der Waals surface area contributed by atoms with Crippen molar-refractivity contribution in [2.75, 3.05) is 31.2 Å². The van der Waals surface area contributed by atoms with Crippen LogP contribution in [0.3, 0.4) is 0 Å². The highest BCUT2D eigenvalue weighted by Crippen LogP contribution is 2.45. The third-order valence-electron chi connectivity index (χ3n) is 4.53. The maximum atomic E-state index is 9.75. The fraction of sp³-hybridized carbons (Fsp3) is 0.353. The lowest BCUT2D eigenvalue weighted by molar-refractivity contribution is 0.0503. The first-order valence-corrected chi connectivity index (χ1v) is 8.91. The number of amidine groups is 2. The van der Waals surface area contributed by atoms with Crippen LogP contribution in [0.4, 0.5) is 5.69 Å². The van der Waals surface area contributed by atoms with Gasteiger partial charge in [0.1, 0.15) is 17.5 Å². The highest BCUT2D eigenvalue weighted by Gasteiger charge is 2.37. The molecule has 8 heteroatoms. The second-order valence-electron chi connectivity index (χ2n) is 6.10. The Balaban J connectivity index is 1.82. The Bertz CT molecular complexity index is 863. The number of nitrogens with zero attached hydrogens (tertiary/aromatic N) is 4. The van der Waals surface area contributed by atoms with Gasteiger partial charge < -0.3 is 9.64 Å². The van der Waals surface area contributed by atoms with Crippen LogP contribution in [0.1, 0.15) is 11.1 Å². The van der Waals surface area contributed by atoms with Gasteiger partial charge in [-0.05, 0) is 36.7 Å². The fourth-order valence-electron chi connectivity index (χ4n) is 3.19. The molecule has 4 rings (SSSR count). The van der Waals surface area contributed by atoms with Crippen LogP contribution < -0.4 is 10.3 Å². The number of hydrazone groups is 1. The van der Waals surface area contributed by atoms with Crippen LogP contribution in [0.25, 0.3) is 0 Å². The number of morpholine rings is 1. The third-order valence-corrected chi connectivity index (χ3v) is 5.71. The molecule has 1 aromatic rings. The van der Waals surface area contributed by atoms with E-state index in [1.807, 2.05) is 17.9 Å². The second kappa shape index (κ2) is 6.10. The highest BCUT2D eigenvalue weighted by atomic mass is 32.2. The minimum absolute atomic E-state index is 0.160. The van der Waals surface area contributed by atoms with Gasteiger partial charge in [0, 0.05) is 18.0 Å². The molecule has 128 valence electrons. The van der Waals surface area contributed by atoms with E-state index in [2.05, 4.69) is 29.6 Å². The molecule has 0 amide bonds. The summed E-state index contributed by atoms with van der Waals surface area (Å²) in [7, 11) is 0. The van der Waals surface area contributed by atoms with Gasteiger partial charge in [-0.2, -0.15) is 5.26 Å². The van der Waals surface area contributed by atoms with Gasteiger partial charge in [-0.1, -0.05) is 12.1 Å². The van der Waals surface area contributed by atoms with E-state index < -0.39 is 0 Å². The Labute approximate surface area is 150 Å². The van der Waals surface area contributed by atoms with Crippen molar-refractivity contribution in [2.45, 2.75) is 18.7 Å². The lowest BCUT2D eigenvalue weighted by Crippen LogP contribution is -2.40. The zero-order chi connectivity index (χ0) is 17.6. The fourth-order valence-corrected chi connectivity index (χ4v) is 4.32. The number of thioether (sulfide) groups is 1. The van der Waals surface area contributed by atoms with Gasteiger partial charge in [0.05, 0.1) is 18.9 Å². The van der Waals surface area contributed by atoms with Crippen LogP contribution in [0.2, 0.25) is 0 Å². The molecule has 1 fully saturated rings. The summed E-state index contributed by atoms with van der Waals surface area (Å²) in [5, 5.41) is 23.6. The van der Waals surface area contributed by atoms with Gasteiger partial charge in [0.2, 0.25) is 0 Å². The number of hydrogen-bond donors (Lipinski definition) is 2. The number of benzene rings is 1. The molecular formula is C17H18N6OS. The minimum Gasteiger partial charge on any atom is -0.378 e. The number of ether oxygens (including phenoxy) is 1. The molecular weight excluding hydrogens is 336 g/mol. The number of nitrogens with one attached hydrogen (secondary N) is 2. The maximum absolute atomic E-state index is 9.75. The molecule has 0 radical (unpaired) electrons. The van der Waals surface area contributed by atoms with E-state index in [1.54, 1.807) is 4.90 Å². The molecule has 1 saturated heterocycles.